The van der Waals surface area contributed by atoms with Crippen molar-refractivity contribution >= 4 is 34.1 Å². The Morgan fingerprint density at radius 1 is 1.17 bits per heavy atom. The van der Waals surface area contributed by atoms with E-state index >= 15 is 0 Å². The van der Waals surface area contributed by atoms with Crippen LogP contribution in [0.3, 0.4) is 0 Å². The highest BCUT2D eigenvalue weighted by molar-refractivity contribution is 6.30. The Hall–Kier alpha value is -2.50. The Morgan fingerprint density at radius 3 is 2.59 bits per heavy atom. The van der Waals surface area contributed by atoms with Crippen LogP contribution in [-0.4, -0.2) is 40.3 Å². The first-order valence-electron chi connectivity index (χ1n) is 10.1. The number of hydrogen-bond acceptors (Lipinski definition) is 5. The fourth-order valence-corrected chi connectivity index (χ4v) is 3.83. The third-order valence-corrected chi connectivity index (χ3v) is 5.68. The molecule has 6 heteroatoms. The SMILES string of the molecule is CCC(=O)c1cccc2c(NC(CN3CCC3)c3ccc(Cl)cc3)nc(C)nc12. The summed E-state index contributed by atoms with van der Waals surface area (Å²) in [4.78, 5) is 24.1. The van der Waals surface area contributed by atoms with Crippen LogP contribution in [0, 0.1) is 6.92 Å². The average molecular weight is 409 g/mol. The Labute approximate surface area is 176 Å². The van der Waals surface area contributed by atoms with Gasteiger partial charge >= 0.3 is 0 Å². The lowest BCUT2D eigenvalue weighted by Gasteiger charge is -2.35. The minimum Gasteiger partial charge on any atom is -0.361 e. The molecule has 0 spiro atoms. The molecule has 0 bridgehead atoms. The van der Waals surface area contributed by atoms with E-state index in [1.807, 2.05) is 44.2 Å². The molecule has 1 aliphatic rings. The predicted molar refractivity (Wildman–Crippen MR) is 118 cm³/mol. The van der Waals surface area contributed by atoms with Crippen molar-refractivity contribution in [3.05, 3.63) is 64.4 Å². The van der Waals surface area contributed by atoms with Crippen LogP contribution in [0.4, 0.5) is 5.82 Å². The molecule has 1 saturated heterocycles. The van der Waals surface area contributed by atoms with Crippen molar-refractivity contribution in [2.45, 2.75) is 32.7 Å². The molecule has 29 heavy (non-hydrogen) atoms. The van der Waals surface area contributed by atoms with Crippen LogP contribution >= 0.6 is 11.6 Å². The van der Waals surface area contributed by atoms with Gasteiger partial charge in [0.15, 0.2) is 5.78 Å². The number of benzene rings is 2. The molecule has 1 unspecified atom stereocenters. The highest BCUT2D eigenvalue weighted by atomic mass is 35.5. The van der Waals surface area contributed by atoms with Crippen molar-refractivity contribution in [1.29, 1.82) is 0 Å². The summed E-state index contributed by atoms with van der Waals surface area (Å²) in [6, 6.07) is 13.8. The molecule has 5 nitrogen and oxygen atoms in total. The second kappa shape index (κ2) is 8.47. The lowest BCUT2D eigenvalue weighted by molar-refractivity contribution is 0.0989. The second-order valence-electron chi connectivity index (χ2n) is 7.50. The van der Waals surface area contributed by atoms with Crippen LogP contribution < -0.4 is 5.32 Å². The molecule has 1 aromatic heterocycles. The van der Waals surface area contributed by atoms with E-state index in [-0.39, 0.29) is 11.8 Å². The fraction of sp³-hybridized carbons (Fsp3) is 0.348. The number of ketones is 1. The Kier molecular flexibility index (Phi) is 5.79. The van der Waals surface area contributed by atoms with Crippen LogP contribution in [0.1, 0.15) is 47.6 Å². The van der Waals surface area contributed by atoms with Gasteiger partial charge in [0.05, 0.1) is 11.6 Å². The van der Waals surface area contributed by atoms with E-state index in [1.54, 1.807) is 0 Å². The van der Waals surface area contributed by atoms with Gasteiger partial charge in [-0.05, 0) is 56.3 Å². The number of rotatable bonds is 7. The third kappa shape index (κ3) is 4.26. The molecule has 1 N–H and O–H groups in total. The number of anilines is 1. The summed E-state index contributed by atoms with van der Waals surface area (Å²) in [6.45, 7) is 6.86. The van der Waals surface area contributed by atoms with Crippen molar-refractivity contribution in [2.75, 3.05) is 25.0 Å². The summed E-state index contributed by atoms with van der Waals surface area (Å²) >= 11 is 6.10. The smallest absolute Gasteiger partial charge is 0.164 e. The molecule has 2 aromatic carbocycles. The molecule has 1 atom stereocenters. The van der Waals surface area contributed by atoms with Gasteiger partial charge in [0.1, 0.15) is 11.6 Å². The topological polar surface area (TPSA) is 58.1 Å². The lowest BCUT2D eigenvalue weighted by Crippen LogP contribution is -2.41. The van der Waals surface area contributed by atoms with Crippen LogP contribution in [0.2, 0.25) is 5.02 Å². The molecule has 1 fully saturated rings. The first-order chi connectivity index (χ1) is 14.0. The van der Waals surface area contributed by atoms with Crippen LogP contribution in [0.15, 0.2) is 42.5 Å². The molecule has 0 saturated carbocycles. The number of aromatic nitrogens is 2. The number of para-hydroxylation sites is 1. The maximum absolute atomic E-state index is 12.4. The lowest BCUT2D eigenvalue weighted by atomic mass is 10.0. The predicted octanol–water partition coefficient (Wildman–Crippen LogP) is 5.04. The van der Waals surface area contributed by atoms with Gasteiger partial charge in [-0.2, -0.15) is 0 Å². The zero-order valence-corrected chi connectivity index (χ0v) is 17.5. The molecule has 4 rings (SSSR count). The van der Waals surface area contributed by atoms with E-state index in [1.165, 1.54) is 6.42 Å². The van der Waals surface area contributed by atoms with E-state index in [4.69, 9.17) is 11.6 Å². The van der Waals surface area contributed by atoms with Crippen molar-refractivity contribution in [1.82, 2.24) is 14.9 Å². The summed E-state index contributed by atoms with van der Waals surface area (Å²) in [5.41, 5.74) is 2.53. The summed E-state index contributed by atoms with van der Waals surface area (Å²) in [5, 5.41) is 5.23. The van der Waals surface area contributed by atoms with E-state index in [2.05, 4.69) is 32.3 Å². The van der Waals surface area contributed by atoms with Gasteiger partial charge in [-0.25, -0.2) is 9.97 Å². The maximum Gasteiger partial charge on any atom is 0.164 e. The van der Waals surface area contributed by atoms with Gasteiger partial charge in [-0.3, -0.25) is 4.79 Å². The largest absolute Gasteiger partial charge is 0.361 e. The molecule has 1 aliphatic heterocycles. The summed E-state index contributed by atoms with van der Waals surface area (Å²) in [6.07, 6.45) is 1.69. The number of Topliss-reactive ketones (excluding diaryl/α,β-unsaturated/α-hetero) is 1. The standard InChI is InChI=1S/C23H25ClN4O/c1-3-21(29)18-6-4-7-19-22(18)25-15(2)26-23(19)27-20(14-28-12-5-13-28)16-8-10-17(24)11-9-16/h4,6-11,20H,3,5,12-14H2,1-2H3,(H,25,26,27). The Morgan fingerprint density at radius 2 is 1.93 bits per heavy atom. The minimum atomic E-state index is 0.0654. The summed E-state index contributed by atoms with van der Waals surface area (Å²) in [5.74, 6) is 1.50. The highest BCUT2D eigenvalue weighted by Gasteiger charge is 2.22. The molecule has 2 heterocycles. The number of nitrogens with one attached hydrogen (secondary N) is 1. The average Bonchev–Trinajstić information content (AvgIpc) is 2.69. The monoisotopic (exact) mass is 408 g/mol. The van der Waals surface area contributed by atoms with Crippen molar-refractivity contribution < 1.29 is 4.79 Å². The number of carbonyl (C=O) groups excluding carboxylic acids is 1. The normalized spacial score (nSPS) is 15.1. The number of aryl methyl sites for hydroxylation is 1. The fourth-order valence-electron chi connectivity index (χ4n) is 3.71. The van der Waals surface area contributed by atoms with Gasteiger partial charge in [0, 0.05) is 28.9 Å². The number of carbonyl (C=O) groups is 1. The van der Waals surface area contributed by atoms with Crippen molar-refractivity contribution in [3.63, 3.8) is 0 Å². The number of hydrogen-bond donors (Lipinski definition) is 1. The Bertz CT molecular complexity index is 1030. The first-order valence-corrected chi connectivity index (χ1v) is 10.5. The second-order valence-corrected chi connectivity index (χ2v) is 7.94. The zero-order chi connectivity index (χ0) is 20.4. The van der Waals surface area contributed by atoms with Gasteiger partial charge in [-0.1, -0.05) is 36.7 Å². The van der Waals surface area contributed by atoms with E-state index in [0.717, 1.165) is 41.4 Å². The number of fused-ring (bicyclic) bond motifs is 1. The van der Waals surface area contributed by atoms with Crippen molar-refractivity contribution in [2.24, 2.45) is 0 Å². The quantitative estimate of drug-likeness (QED) is 0.555. The molecule has 3 aromatic rings. The van der Waals surface area contributed by atoms with E-state index in [9.17, 15) is 4.79 Å². The third-order valence-electron chi connectivity index (χ3n) is 5.43. The van der Waals surface area contributed by atoms with Crippen LogP contribution in [0.5, 0.6) is 0 Å². The molecule has 150 valence electrons. The van der Waals surface area contributed by atoms with Gasteiger partial charge < -0.3 is 10.2 Å². The molecular weight excluding hydrogens is 384 g/mol. The summed E-state index contributed by atoms with van der Waals surface area (Å²) < 4.78 is 0. The maximum atomic E-state index is 12.4. The van der Waals surface area contributed by atoms with Crippen LogP contribution in [0.25, 0.3) is 10.9 Å². The minimum absolute atomic E-state index is 0.0654. The Balaban J connectivity index is 1.75. The van der Waals surface area contributed by atoms with Gasteiger partial charge in [-0.15, -0.1) is 0 Å². The van der Waals surface area contributed by atoms with E-state index < -0.39 is 0 Å². The molecule has 0 radical (unpaired) electrons. The molecular formula is C23H25ClN4O. The molecule has 0 aliphatic carbocycles. The first kappa shape index (κ1) is 19.8. The van der Waals surface area contributed by atoms with Crippen molar-refractivity contribution in [3.8, 4) is 0 Å². The van der Waals surface area contributed by atoms with Gasteiger partial charge in [0.2, 0.25) is 0 Å². The highest BCUT2D eigenvalue weighted by Crippen LogP contribution is 2.29. The van der Waals surface area contributed by atoms with E-state index in [0.29, 0.717) is 23.3 Å². The number of nitrogens with zero attached hydrogens (tertiary/aromatic N) is 3. The number of halogens is 1. The zero-order valence-electron chi connectivity index (χ0n) is 16.8. The summed E-state index contributed by atoms with van der Waals surface area (Å²) in [7, 11) is 0. The van der Waals surface area contributed by atoms with Gasteiger partial charge in [0.25, 0.3) is 0 Å². The van der Waals surface area contributed by atoms with Crippen LogP contribution in [-0.2, 0) is 0 Å². The number of likely N-dealkylation sites (tertiary alicyclic amines) is 1. The molecule has 0 amide bonds.